The number of amides is 1. The van der Waals surface area contributed by atoms with Crippen LogP contribution < -0.4 is 5.73 Å². The molecular weight excluding hydrogens is 236 g/mol. The van der Waals surface area contributed by atoms with Gasteiger partial charge in [0, 0.05) is 19.6 Å². The van der Waals surface area contributed by atoms with E-state index in [9.17, 15) is 4.79 Å². The van der Waals surface area contributed by atoms with E-state index in [4.69, 9.17) is 5.73 Å². The van der Waals surface area contributed by atoms with Gasteiger partial charge in [-0.15, -0.1) is 0 Å². The summed E-state index contributed by atoms with van der Waals surface area (Å²) in [6.45, 7) is 6.72. The van der Waals surface area contributed by atoms with Crippen molar-refractivity contribution >= 4 is 5.91 Å². The third-order valence-corrected chi connectivity index (χ3v) is 4.51. The molecule has 0 atom stereocenters. The topological polar surface area (TPSA) is 46.3 Å². The van der Waals surface area contributed by atoms with Gasteiger partial charge < -0.3 is 10.6 Å². The van der Waals surface area contributed by atoms with Crippen LogP contribution in [0.15, 0.2) is 0 Å². The van der Waals surface area contributed by atoms with Crippen molar-refractivity contribution in [1.82, 2.24) is 4.90 Å². The molecule has 0 heterocycles. The molecule has 0 aliphatic heterocycles. The van der Waals surface area contributed by atoms with Gasteiger partial charge in [0.15, 0.2) is 0 Å². The maximum absolute atomic E-state index is 12.9. The zero-order chi connectivity index (χ0) is 14.1. The second kappa shape index (κ2) is 8.57. The molecule has 1 rings (SSSR count). The fourth-order valence-corrected chi connectivity index (χ4v) is 3.08. The van der Waals surface area contributed by atoms with E-state index in [-0.39, 0.29) is 5.41 Å². The summed E-state index contributed by atoms with van der Waals surface area (Å²) < 4.78 is 0. The normalized spacial score (nSPS) is 18.3. The first-order valence-corrected chi connectivity index (χ1v) is 8.19. The first kappa shape index (κ1) is 16.5. The molecule has 0 radical (unpaired) electrons. The van der Waals surface area contributed by atoms with Gasteiger partial charge in [-0.05, 0) is 25.7 Å². The molecule has 0 unspecified atom stereocenters. The Morgan fingerprint density at radius 2 is 1.58 bits per heavy atom. The smallest absolute Gasteiger partial charge is 0.230 e. The Balaban J connectivity index is 2.70. The summed E-state index contributed by atoms with van der Waals surface area (Å²) in [5, 5.41) is 0. The largest absolute Gasteiger partial charge is 0.342 e. The number of hydrogen-bond acceptors (Lipinski definition) is 2. The van der Waals surface area contributed by atoms with E-state index in [0.29, 0.717) is 12.5 Å². The fourth-order valence-electron chi connectivity index (χ4n) is 3.08. The van der Waals surface area contributed by atoms with Crippen LogP contribution in [-0.4, -0.2) is 30.4 Å². The highest BCUT2D eigenvalue weighted by atomic mass is 16.2. The maximum atomic E-state index is 12.9. The lowest BCUT2D eigenvalue weighted by Crippen LogP contribution is -2.49. The van der Waals surface area contributed by atoms with Crippen LogP contribution in [-0.2, 0) is 4.79 Å². The van der Waals surface area contributed by atoms with Crippen molar-refractivity contribution in [2.24, 2.45) is 11.1 Å². The third kappa shape index (κ3) is 4.48. The number of unbranched alkanes of at least 4 members (excludes halogenated alkanes) is 2. The molecule has 19 heavy (non-hydrogen) atoms. The molecule has 0 aromatic heterocycles. The minimum absolute atomic E-state index is 0.236. The van der Waals surface area contributed by atoms with Gasteiger partial charge in [0.1, 0.15) is 0 Å². The summed E-state index contributed by atoms with van der Waals surface area (Å²) >= 11 is 0. The molecule has 1 aliphatic rings. The molecule has 1 amide bonds. The lowest BCUT2D eigenvalue weighted by molar-refractivity contribution is -0.143. The van der Waals surface area contributed by atoms with Crippen LogP contribution in [0.4, 0.5) is 0 Å². The Bertz CT molecular complexity index is 251. The van der Waals surface area contributed by atoms with Crippen molar-refractivity contribution < 1.29 is 4.79 Å². The van der Waals surface area contributed by atoms with Gasteiger partial charge in [0.05, 0.1) is 5.41 Å². The van der Waals surface area contributed by atoms with E-state index in [0.717, 1.165) is 51.6 Å². The fraction of sp³-hybridized carbons (Fsp3) is 0.938. The average molecular weight is 268 g/mol. The monoisotopic (exact) mass is 268 g/mol. The van der Waals surface area contributed by atoms with Gasteiger partial charge in [0.25, 0.3) is 0 Å². The van der Waals surface area contributed by atoms with Crippen LogP contribution in [0.3, 0.4) is 0 Å². The average Bonchev–Trinajstić information content (AvgIpc) is 2.47. The number of rotatable bonds is 8. The summed E-state index contributed by atoms with van der Waals surface area (Å²) in [6.07, 6.45) is 10.1. The van der Waals surface area contributed by atoms with Crippen LogP contribution in [0.1, 0.15) is 71.6 Å². The maximum Gasteiger partial charge on any atom is 0.230 e. The second-order valence-corrected chi connectivity index (χ2v) is 6.04. The molecule has 1 fully saturated rings. The molecule has 1 saturated carbocycles. The molecule has 0 aromatic carbocycles. The van der Waals surface area contributed by atoms with E-state index < -0.39 is 0 Å². The minimum Gasteiger partial charge on any atom is -0.342 e. The van der Waals surface area contributed by atoms with E-state index in [1.54, 1.807) is 0 Å². The molecule has 2 N–H and O–H groups in total. The molecule has 3 heteroatoms. The molecular formula is C16H32N2O. The standard InChI is InChI=1S/C16H32N2O/c1-3-5-12-18(13-6-4-2)15(19)16(14-17)10-8-7-9-11-16/h3-14,17H2,1-2H3. The molecule has 3 nitrogen and oxygen atoms in total. The van der Waals surface area contributed by atoms with Crippen LogP contribution in [0, 0.1) is 5.41 Å². The van der Waals surface area contributed by atoms with E-state index in [1.165, 1.54) is 19.3 Å². The summed E-state index contributed by atoms with van der Waals surface area (Å²) in [7, 11) is 0. The molecule has 0 saturated heterocycles. The molecule has 0 spiro atoms. The molecule has 0 bridgehead atoms. The number of hydrogen-bond donors (Lipinski definition) is 1. The zero-order valence-electron chi connectivity index (χ0n) is 12.9. The number of carbonyl (C=O) groups excluding carboxylic acids is 1. The number of carbonyl (C=O) groups is 1. The lowest BCUT2D eigenvalue weighted by atomic mass is 9.73. The predicted octanol–water partition coefficient (Wildman–Crippen LogP) is 3.32. The first-order chi connectivity index (χ1) is 9.20. The Morgan fingerprint density at radius 1 is 1.05 bits per heavy atom. The quantitative estimate of drug-likeness (QED) is 0.734. The highest BCUT2D eigenvalue weighted by molar-refractivity contribution is 5.83. The Morgan fingerprint density at radius 3 is 2.00 bits per heavy atom. The van der Waals surface area contributed by atoms with Gasteiger partial charge in [-0.25, -0.2) is 0 Å². The van der Waals surface area contributed by atoms with E-state index >= 15 is 0 Å². The highest BCUT2D eigenvalue weighted by Crippen LogP contribution is 2.37. The molecule has 0 aromatic rings. The predicted molar refractivity (Wildman–Crippen MR) is 81.0 cm³/mol. The van der Waals surface area contributed by atoms with Crippen molar-refractivity contribution in [2.75, 3.05) is 19.6 Å². The van der Waals surface area contributed by atoms with Crippen molar-refractivity contribution in [3.8, 4) is 0 Å². The van der Waals surface area contributed by atoms with Gasteiger partial charge in [-0.3, -0.25) is 4.79 Å². The van der Waals surface area contributed by atoms with Crippen LogP contribution in [0.5, 0.6) is 0 Å². The first-order valence-electron chi connectivity index (χ1n) is 8.19. The third-order valence-electron chi connectivity index (χ3n) is 4.51. The Hall–Kier alpha value is -0.570. The Kier molecular flexibility index (Phi) is 7.44. The second-order valence-electron chi connectivity index (χ2n) is 6.04. The summed E-state index contributed by atoms with van der Waals surface area (Å²) in [6, 6.07) is 0. The van der Waals surface area contributed by atoms with Gasteiger partial charge in [-0.2, -0.15) is 0 Å². The van der Waals surface area contributed by atoms with E-state index in [2.05, 4.69) is 18.7 Å². The van der Waals surface area contributed by atoms with Crippen molar-refractivity contribution in [1.29, 1.82) is 0 Å². The van der Waals surface area contributed by atoms with Crippen LogP contribution in [0.2, 0.25) is 0 Å². The molecule has 112 valence electrons. The van der Waals surface area contributed by atoms with Crippen molar-refractivity contribution in [2.45, 2.75) is 71.6 Å². The van der Waals surface area contributed by atoms with Crippen molar-refractivity contribution in [3.05, 3.63) is 0 Å². The van der Waals surface area contributed by atoms with Crippen LogP contribution in [0.25, 0.3) is 0 Å². The van der Waals surface area contributed by atoms with Gasteiger partial charge in [0.2, 0.25) is 5.91 Å². The van der Waals surface area contributed by atoms with Crippen LogP contribution >= 0.6 is 0 Å². The van der Waals surface area contributed by atoms with Gasteiger partial charge >= 0.3 is 0 Å². The van der Waals surface area contributed by atoms with Crippen molar-refractivity contribution in [3.63, 3.8) is 0 Å². The zero-order valence-corrected chi connectivity index (χ0v) is 12.9. The number of nitrogens with zero attached hydrogens (tertiary/aromatic N) is 1. The lowest BCUT2D eigenvalue weighted by Gasteiger charge is -2.39. The van der Waals surface area contributed by atoms with Gasteiger partial charge in [-0.1, -0.05) is 46.0 Å². The molecule has 1 aliphatic carbocycles. The van der Waals surface area contributed by atoms with E-state index in [1.807, 2.05) is 0 Å². The highest BCUT2D eigenvalue weighted by Gasteiger charge is 2.40. The summed E-state index contributed by atoms with van der Waals surface area (Å²) in [5.74, 6) is 0.344. The minimum atomic E-state index is -0.236. The Labute approximate surface area is 118 Å². The number of nitrogens with two attached hydrogens (primary N) is 1. The summed E-state index contributed by atoms with van der Waals surface area (Å²) in [4.78, 5) is 15.0. The summed E-state index contributed by atoms with van der Waals surface area (Å²) in [5.41, 5.74) is 5.75. The SMILES string of the molecule is CCCCN(CCCC)C(=O)C1(CN)CCCCC1.